The maximum atomic E-state index is 10.1. The standard InChI is InChI=1S/C13H14N2O2S/c16-12(11-8-18-15-14-11)7-13-10-4-2-1-3-9(10)5-6-17-13/h1-4,8,12-13,16H,5-7H2. The molecule has 3 rings (SSSR count). The molecule has 2 heterocycles. The zero-order valence-electron chi connectivity index (χ0n) is 9.82. The Balaban J connectivity index is 1.78. The maximum absolute atomic E-state index is 10.1. The Morgan fingerprint density at radius 1 is 1.44 bits per heavy atom. The lowest BCUT2D eigenvalue weighted by Gasteiger charge is -2.27. The van der Waals surface area contributed by atoms with E-state index >= 15 is 0 Å². The van der Waals surface area contributed by atoms with Crippen molar-refractivity contribution in [2.75, 3.05) is 6.61 Å². The summed E-state index contributed by atoms with van der Waals surface area (Å²) >= 11 is 1.25. The van der Waals surface area contributed by atoms with Gasteiger partial charge in [0.25, 0.3) is 0 Å². The molecular weight excluding hydrogens is 248 g/mol. The highest BCUT2D eigenvalue weighted by molar-refractivity contribution is 7.03. The first-order valence-corrected chi connectivity index (χ1v) is 6.82. The molecule has 2 aromatic rings. The van der Waals surface area contributed by atoms with E-state index in [1.54, 1.807) is 5.38 Å². The van der Waals surface area contributed by atoms with E-state index in [0.29, 0.717) is 18.7 Å². The van der Waals surface area contributed by atoms with Crippen molar-refractivity contribution >= 4 is 11.5 Å². The molecule has 1 aliphatic heterocycles. The van der Waals surface area contributed by atoms with Crippen molar-refractivity contribution in [1.82, 2.24) is 9.59 Å². The fourth-order valence-corrected chi connectivity index (χ4v) is 2.81. The second-order valence-electron chi connectivity index (χ2n) is 4.39. The Morgan fingerprint density at radius 3 is 3.17 bits per heavy atom. The molecule has 1 aromatic heterocycles. The van der Waals surface area contributed by atoms with E-state index in [9.17, 15) is 5.11 Å². The molecule has 0 radical (unpaired) electrons. The Hall–Kier alpha value is -1.30. The molecular formula is C13H14N2O2S. The molecule has 0 amide bonds. The van der Waals surface area contributed by atoms with Gasteiger partial charge in [0.05, 0.1) is 12.7 Å². The average molecular weight is 262 g/mol. The zero-order chi connectivity index (χ0) is 12.4. The number of aromatic nitrogens is 2. The number of aliphatic hydroxyl groups is 1. The quantitative estimate of drug-likeness (QED) is 0.922. The largest absolute Gasteiger partial charge is 0.387 e. The van der Waals surface area contributed by atoms with Crippen LogP contribution in [-0.4, -0.2) is 21.3 Å². The molecule has 0 aliphatic carbocycles. The fourth-order valence-electron chi connectivity index (χ4n) is 2.31. The first-order valence-electron chi connectivity index (χ1n) is 5.99. The lowest BCUT2D eigenvalue weighted by molar-refractivity contribution is 0.00281. The molecule has 0 bridgehead atoms. The Labute approximate surface area is 109 Å². The molecule has 0 fully saturated rings. The normalized spacial score (nSPS) is 20.4. The van der Waals surface area contributed by atoms with Crippen molar-refractivity contribution in [2.45, 2.75) is 25.0 Å². The van der Waals surface area contributed by atoms with E-state index in [1.807, 2.05) is 12.1 Å². The van der Waals surface area contributed by atoms with Crippen LogP contribution in [-0.2, 0) is 11.2 Å². The summed E-state index contributed by atoms with van der Waals surface area (Å²) in [5, 5.41) is 15.8. The van der Waals surface area contributed by atoms with Crippen LogP contribution >= 0.6 is 11.5 Å². The summed E-state index contributed by atoms with van der Waals surface area (Å²) in [4.78, 5) is 0. The van der Waals surface area contributed by atoms with Crippen LogP contribution in [0.15, 0.2) is 29.6 Å². The summed E-state index contributed by atoms with van der Waals surface area (Å²) in [5.74, 6) is 0. The van der Waals surface area contributed by atoms with Gasteiger partial charge in [-0.3, -0.25) is 0 Å². The van der Waals surface area contributed by atoms with E-state index in [0.717, 1.165) is 6.42 Å². The highest BCUT2D eigenvalue weighted by Crippen LogP contribution is 2.33. The topological polar surface area (TPSA) is 55.2 Å². The minimum absolute atomic E-state index is 0.0494. The molecule has 18 heavy (non-hydrogen) atoms. The molecule has 1 N–H and O–H groups in total. The van der Waals surface area contributed by atoms with Crippen molar-refractivity contribution in [1.29, 1.82) is 0 Å². The van der Waals surface area contributed by atoms with Crippen molar-refractivity contribution in [3.63, 3.8) is 0 Å². The molecule has 94 valence electrons. The molecule has 2 atom stereocenters. The third kappa shape index (κ3) is 2.29. The highest BCUT2D eigenvalue weighted by Gasteiger charge is 2.24. The Kier molecular flexibility index (Phi) is 3.36. The molecule has 1 aromatic carbocycles. The van der Waals surface area contributed by atoms with Crippen LogP contribution in [0.25, 0.3) is 0 Å². The summed E-state index contributed by atoms with van der Waals surface area (Å²) in [6.07, 6.45) is 0.815. The summed E-state index contributed by atoms with van der Waals surface area (Å²) in [6.45, 7) is 0.712. The number of nitrogens with zero attached hydrogens (tertiary/aromatic N) is 2. The van der Waals surface area contributed by atoms with E-state index in [2.05, 4.69) is 21.7 Å². The van der Waals surface area contributed by atoms with Gasteiger partial charge in [-0.05, 0) is 29.1 Å². The van der Waals surface area contributed by atoms with Crippen molar-refractivity contribution in [2.24, 2.45) is 0 Å². The number of rotatable bonds is 3. The van der Waals surface area contributed by atoms with Crippen LogP contribution in [0.3, 0.4) is 0 Å². The predicted octanol–water partition coefficient (Wildman–Crippen LogP) is 2.28. The van der Waals surface area contributed by atoms with Gasteiger partial charge >= 0.3 is 0 Å². The second-order valence-corrected chi connectivity index (χ2v) is 5.00. The fraction of sp³-hybridized carbons (Fsp3) is 0.385. The van der Waals surface area contributed by atoms with Crippen LogP contribution in [0.4, 0.5) is 0 Å². The molecule has 4 nitrogen and oxygen atoms in total. The van der Waals surface area contributed by atoms with Gasteiger partial charge in [-0.15, -0.1) is 5.10 Å². The first-order chi connectivity index (χ1) is 8.84. The highest BCUT2D eigenvalue weighted by atomic mass is 32.1. The molecule has 0 saturated heterocycles. The number of hydrogen-bond donors (Lipinski definition) is 1. The number of hydrogen-bond acceptors (Lipinski definition) is 5. The number of fused-ring (bicyclic) bond motifs is 1. The molecule has 0 saturated carbocycles. The number of ether oxygens (including phenoxy) is 1. The van der Waals surface area contributed by atoms with E-state index < -0.39 is 6.10 Å². The minimum atomic E-state index is -0.611. The predicted molar refractivity (Wildman–Crippen MR) is 68.3 cm³/mol. The van der Waals surface area contributed by atoms with E-state index in [1.165, 1.54) is 22.7 Å². The van der Waals surface area contributed by atoms with Crippen molar-refractivity contribution in [3.05, 3.63) is 46.5 Å². The van der Waals surface area contributed by atoms with Gasteiger partial charge in [0.2, 0.25) is 0 Å². The van der Waals surface area contributed by atoms with Gasteiger partial charge in [-0.1, -0.05) is 28.8 Å². The Morgan fingerprint density at radius 2 is 2.33 bits per heavy atom. The molecule has 0 spiro atoms. The number of aliphatic hydroxyl groups excluding tert-OH is 1. The summed E-state index contributed by atoms with van der Waals surface area (Å²) < 4.78 is 9.54. The van der Waals surface area contributed by atoms with E-state index in [4.69, 9.17) is 4.74 Å². The third-order valence-corrected chi connectivity index (χ3v) is 3.77. The van der Waals surface area contributed by atoms with Gasteiger partial charge < -0.3 is 9.84 Å². The van der Waals surface area contributed by atoms with Gasteiger partial charge in [-0.2, -0.15) is 0 Å². The molecule has 1 aliphatic rings. The van der Waals surface area contributed by atoms with Gasteiger partial charge in [0.1, 0.15) is 11.8 Å². The zero-order valence-corrected chi connectivity index (χ0v) is 10.6. The summed E-state index contributed by atoms with van der Waals surface area (Å²) in [6, 6.07) is 8.26. The average Bonchev–Trinajstić information content (AvgIpc) is 2.93. The monoisotopic (exact) mass is 262 g/mol. The van der Waals surface area contributed by atoms with Gasteiger partial charge in [0.15, 0.2) is 0 Å². The third-order valence-electron chi connectivity index (χ3n) is 3.25. The summed E-state index contributed by atoms with van der Waals surface area (Å²) in [7, 11) is 0. The molecule has 5 heteroatoms. The van der Waals surface area contributed by atoms with Crippen LogP contribution in [0.2, 0.25) is 0 Å². The maximum Gasteiger partial charge on any atom is 0.104 e. The van der Waals surface area contributed by atoms with Crippen LogP contribution in [0.5, 0.6) is 0 Å². The van der Waals surface area contributed by atoms with Gasteiger partial charge in [-0.25, -0.2) is 0 Å². The Bertz CT molecular complexity index is 515. The van der Waals surface area contributed by atoms with E-state index in [-0.39, 0.29) is 6.10 Å². The van der Waals surface area contributed by atoms with Crippen LogP contribution in [0, 0.1) is 0 Å². The molecule has 2 unspecified atom stereocenters. The summed E-state index contributed by atoms with van der Waals surface area (Å²) in [5.41, 5.74) is 3.13. The van der Waals surface area contributed by atoms with Crippen LogP contribution < -0.4 is 0 Å². The SMILES string of the molecule is OC(CC1OCCc2ccccc21)c1csnn1. The van der Waals surface area contributed by atoms with Gasteiger partial charge in [0, 0.05) is 11.8 Å². The first kappa shape index (κ1) is 11.8. The van der Waals surface area contributed by atoms with Crippen LogP contribution in [0.1, 0.15) is 35.4 Å². The smallest absolute Gasteiger partial charge is 0.104 e. The number of benzene rings is 1. The van der Waals surface area contributed by atoms with Crippen molar-refractivity contribution in [3.8, 4) is 0 Å². The second kappa shape index (κ2) is 5.14. The minimum Gasteiger partial charge on any atom is -0.387 e. The lowest BCUT2D eigenvalue weighted by atomic mass is 9.94. The lowest BCUT2D eigenvalue weighted by Crippen LogP contribution is -2.18. The van der Waals surface area contributed by atoms with Crippen molar-refractivity contribution < 1.29 is 9.84 Å².